The maximum atomic E-state index is 13.3. The van der Waals surface area contributed by atoms with Crippen molar-refractivity contribution < 1.29 is 29.1 Å². The fourth-order valence-corrected chi connectivity index (χ4v) is 3.98. The molecule has 40 heavy (non-hydrogen) atoms. The van der Waals surface area contributed by atoms with E-state index in [-0.39, 0.29) is 12.8 Å². The van der Waals surface area contributed by atoms with Gasteiger partial charge in [-0.25, -0.2) is 4.79 Å². The minimum Gasteiger partial charge on any atom is -0.480 e. The number of unbranched alkanes of at least 4 members (excludes halogenated alkanes) is 1. The lowest BCUT2D eigenvalue weighted by Crippen LogP contribution is -2.58. The van der Waals surface area contributed by atoms with Crippen molar-refractivity contribution in [1.82, 2.24) is 16.0 Å². The number of amides is 4. The molecule has 10 N–H and O–H groups in total. The highest BCUT2D eigenvalue weighted by Crippen LogP contribution is 2.08. The summed E-state index contributed by atoms with van der Waals surface area (Å²) in [6, 6.07) is 12.7. The van der Waals surface area contributed by atoms with Gasteiger partial charge in [0.15, 0.2) is 0 Å². The highest BCUT2D eigenvalue weighted by molar-refractivity contribution is 5.96. The Labute approximate surface area is 233 Å². The molecule has 0 spiro atoms. The monoisotopic (exact) mass is 554 g/mol. The van der Waals surface area contributed by atoms with Crippen LogP contribution in [0.3, 0.4) is 0 Å². The molecule has 0 aliphatic heterocycles. The van der Waals surface area contributed by atoms with Crippen LogP contribution in [-0.4, -0.2) is 65.4 Å². The zero-order valence-electron chi connectivity index (χ0n) is 22.3. The smallest absolute Gasteiger partial charge is 0.326 e. The van der Waals surface area contributed by atoms with Gasteiger partial charge in [-0.3, -0.25) is 19.2 Å². The fourth-order valence-electron chi connectivity index (χ4n) is 3.98. The van der Waals surface area contributed by atoms with Gasteiger partial charge < -0.3 is 38.3 Å². The summed E-state index contributed by atoms with van der Waals surface area (Å²) in [5, 5.41) is 17.2. The van der Waals surface area contributed by atoms with Crippen LogP contribution < -0.4 is 33.2 Å². The predicted octanol–water partition coefficient (Wildman–Crippen LogP) is -0.657. The number of carboxylic acid groups (broad SMARTS) is 1. The minimum atomic E-state index is -1.39. The number of carboxylic acids is 1. The van der Waals surface area contributed by atoms with E-state index in [0.29, 0.717) is 36.9 Å². The summed E-state index contributed by atoms with van der Waals surface area (Å²) in [6.07, 6.45) is 1.11. The molecule has 4 amide bonds. The maximum absolute atomic E-state index is 13.3. The molecule has 0 saturated carbocycles. The Bertz CT molecular complexity index is 1130. The topological polar surface area (TPSA) is 220 Å². The molecule has 0 aromatic heterocycles. The quantitative estimate of drug-likeness (QED) is 0.124. The van der Waals surface area contributed by atoms with Gasteiger partial charge in [0.25, 0.3) is 0 Å². The van der Waals surface area contributed by atoms with E-state index in [4.69, 9.17) is 17.2 Å². The van der Waals surface area contributed by atoms with Crippen molar-refractivity contribution in [2.75, 3.05) is 6.54 Å². The van der Waals surface area contributed by atoms with E-state index in [1.54, 1.807) is 60.7 Å². The molecule has 2 rings (SSSR count). The summed E-state index contributed by atoms with van der Waals surface area (Å²) in [6.45, 7) is 0.444. The van der Waals surface area contributed by atoms with E-state index in [9.17, 15) is 29.1 Å². The second kappa shape index (κ2) is 16.6. The van der Waals surface area contributed by atoms with E-state index in [0.717, 1.165) is 0 Å². The number of hydrogen-bond donors (Lipinski definition) is 7. The second-order valence-electron chi connectivity index (χ2n) is 9.46. The average molecular weight is 555 g/mol. The first kappa shape index (κ1) is 31.9. The molecule has 0 aliphatic carbocycles. The summed E-state index contributed by atoms with van der Waals surface area (Å²) in [7, 11) is 0. The first-order valence-corrected chi connectivity index (χ1v) is 13.1. The van der Waals surface area contributed by atoms with Crippen LogP contribution in [-0.2, 0) is 36.8 Å². The molecule has 0 saturated heterocycles. The summed E-state index contributed by atoms with van der Waals surface area (Å²) in [5.41, 5.74) is 18.1. The molecule has 4 atom stereocenters. The first-order chi connectivity index (χ1) is 19.1. The van der Waals surface area contributed by atoms with E-state index in [2.05, 4.69) is 16.0 Å². The third-order valence-corrected chi connectivity index (χ3v) is 6.16. The third kappa shape index (κ3) is 11.2. The lowest BCUT2D eigenvalue weighted by molar-refractivity contribution is -0.142. The number of primary amides is 1. The van der Waals surface area contributed by atoms with Crippen LogP contribution in [0.2, 0.25) is 0 Å². The normalized spacial score (nSPS) is 13.8. The molecule has 12 nitrogen and oxygen atoms in total. The van der Waals surface area contributed by atoms with Crippen molar-refractivity contribution in [1.29, 1.82) is 0 Å². The number of nitrogens with one attached hydrogen (secondary N) is 3. The Kier molecular flexibility index (Phi) is 13.3. The van der Waals surface area contributed by atoms with Gasteiger partial charge in [-0.2, -0.15) is 0 Å². The van der Waals surface area contributed by atoms with Crippen LogP contribution in [0.25, 0.3) is 0 Å². The Morgan fingerprint density at radius 3 is 1.68 bits per heavy atom. The average Bonchev–Trinajstić information content (AvgIpc) is 2.92. The Morgan fingerprint density at radius 1 is 0.700 bits per heavy atom. The molecule has 12 heteroatoms. The molecule has 2 aromatic carbocycles. The maximum Gasteiger partial charge on any atom is 0.326 e. The number of aliphatic carboxylic acids is 1. The third-order valence-electron chi connectivity index (χ3n) is 6.16. The summed E-state index contributed by atoms with van der Waals surface area (Å²) >= 11 is 0. The molecular formula is C28H38N6O6. The summed E-state index contributed by atoms with van der Waals surface area (Å²) in [4.78, 5) is 62.7. The molecule has 0 fully saturated rings. The van der Waals surface area contributed by atoms with Gasteiger partial charge in [-0.15, -0.1) is 0 Å². The van der Waals surface area contributed by atoms with Gasteiger partial charge in [0.1, 0.15) is 18.1 Å². The highest BCUT2D eigenvalue weighted by Gasteiger charge is 2.31. The van der Waals surface area contributed by atoms with Crippen LogP contribution in [0.5, 0.6) is 0 Å². The minimum absolute atomic E-state index is 0.0198. The van der Waals surface area contributed by atoms with Crippen LogP contribution in [0.1, 0.15) is 36.8 Å². The van der Waals surface area contributed by atoms with E-state index < -0.39 is 60.2 Å². The number of carbonyl (C=O) groups is 5. The van der Waals surface area contributed by atoms with Crippen LogP contribution in [0, 0.1) is 0 Å². The standard InChI is InChI=1S/C28H38N6O6/c29-14-8-7-13-20(30)25(36)32-22(17-24(31)35)27(38)33-21(15-18-9-3-1-4-10-18)26(37)34-23(28(39)40)16-19-11-5-2-6-12-19/h1-6,9-12,20-23H,7-8,13-17,29-30H2,(H2,31,35)(H,32,36)(H,33,38)(H,34,37)(H,39,40). The van der Waals surface area contributed by atoms with E-state index in [1.807, 2.05) is 0 Å². The van der Waals surface area contributed by atoms with E-state index >= 15 is 0 Å². The molecule has 2 aromatic rings. The molecular weight excluding hydrogens is 516 g/mol. The van der Waals surface area contributed by atoms with E-state index in [1.165, 1.54) is 0 Å². The van der Waals surface area contributed by atoms with Gasteiger partial charge in [0, 0.05) is 12.8 Å². The zero-order chi connectivity index (χ0) is 29.5. The first-order valence-electron chi connectivity index (χ1n) is 13.1. The zero-order valence-corrected chi connectivity index (χ0v) is 22.3. The molecule has 0 aliphatic rings. The lowest BCUT2D eigenvalue weighted by atomic mass is 10.0. The Hall–Kier alpha value is -4.29. The molecule has 216 valence electrons. The van der Waals surface area contributed by atoms with Crippen LogP contribution in [0.4, 0.5) is 0 Å². The van der Waals surface area contributed by atoms with Gasteiger partial charge >= 0.3 is 5.97 Å². The van der Waals surface area contributed by atoms with Crippen LogP contribution >= 0.6 is 0 Å². The predicted molar refractivity (Wildman–Crippen MR) is 148 cm³/mol. The summed E-state index contributed by atoms with van der Waals surface area (Å²) in [5.74, 6) is -4.34. The van der Waals surface area contributed by atoms with Gasteiger partial charge in [-0.05, 0) is 30.5 Å². The van der Waals surface area contributed by atoms with Gasteiger partial charge in [0.05, 0.1) is 12.5 Å². The number of benzene rings is 2. The number of carbonyl (C=O) groups excluding carboxylic acids is 4. The molecule has 0 bridgehead atoms. The number of rotatable bonds is 17. The van der Waals surface area contributed by atoms with Crippen molar-refractivity contribution in [3.05, 3.63) is 71.8 Å². The van der Waals surface area contributed by atoms with Crippen molar-refractivity contribution in [2.24, 2.45) is 17.2 Å². The molecule has 0 heterocycles. The largest absolute Gasteiger partial charge is 0.480 e. The van der Waals surface area contributed by atoms with Gasteiger partial charge in [0.2, 0.25) is 23.6 Å². The SMILES string of the molecule is NCCCCC(N)C(=O)NC(CC(N)=O)C(=O)NC(Cc1ccccc1)C(=O)NC(Cc1ccccc1)C(=O)O. The fraction of sp³-hybridized carbons (Fsp3) is 0.393. The van der Waals surface area contributed by atoms with Crippen molar-refractivity contribution in [3.8, 4) is 0 Å². The van der Waals surface area contributed by atoms with Crippen molar-refractivity contribution >= 4 is 29.6 Å². The lowest BCUT2D eigenvalue weighted by Gasteiger charge is -2.25. The summed E-state index contributed by atoms with van der Waals surface area (Å²) < 4.78 is 0. The van der Waals surface area contributed by atoms with Crippen molar-refractivity contribution in [3.63, 3.8) is 0 Å². The number of nitrogens with two attached hydrogens (primary N) is 3. The van der Waals surface area contributed by atoms with Crippen LogP contribution in [0.15, 0.2) is 60.7 Å². The van der Waals surface area contributed by atoms with Gasteiger partial charge in [-0.1, -0.05) is 67.1 Å². The molecule has 0 radical (unpaired) electrons. The molecule has 4 unspecified atom stereocenters. The highest BCUT2D eigenvalue weighted by atomic mass is 16.4. The Balaban J connectivity index is 2.21. The van der Waals surface area contributed by atoms with Crippen molar-refractivity contribution in [2.45, 2.75) is 62.7 Å². The second-order valence-corrected chi connectivity index (χ2v) is 9.46. The number of hydrogen-bond acceptors (Lipinski definition) is 7. The Morgan fingerprint density at radius 2 is 1.18 bits per heavy atom.